The maximum Gasteiger partial charge on any atom is 0.224 e. The fraction of sp³-hybridized carbons (Fsp3) is 0.296. The van der Waals surface area contributed by atoms with Crippen LogP contribution in [0.15, 0.2) is 84.9 Å². The predicted molar refractivity (Wildman–Crippen MR) is 134 cm³/mol. The van der Waals surface area contributed by atoms with Gasteiger partial charge in [0.05, 0.1) is 0 Å². The van der Waals surface area contributed by atoms with Gasteiger partial charge in [-0.2, -0.15) is 0 Å². The number of hydrogen-bond donors (Lipinski definition) is 1. The van der Waals surface area contributed by atoms with Crippen molar-refractivity contribution in [3.8, 4) is 0 Å². The number of hydrogen-bond acceptors (Lipinski definition) is 3. The first kappa shape index (κ1) is 22.4. The summed E-state index contributed by atoms with van der Waals surface area (Å²) in [7, 11) is 0. The van der Waals surface area contributed by atoms with E-state index in [2.05, 4.69) is 75.8 Å². The second kappa shape index (κ2) is 11.2. The average molecular weight is 448 g/mol. The van der Waals surface area contributed by atoms with Crippen LogP contribution in [0.1, 0.15) is 19.3 Å². The smallest absolute Gasteiger partial charge is 0.224 e. The molecule has 1 aliphatic heterocycles. The molecule has 1 aliphatic rings. The summed E-state index contributed by atoms with van der Waals surface area (Å²) in [4.78, 5) is 17.3. The van der Waals surface area contributed by atoms with Crippen LogP contribution in [0.2, 0.25) is 5.02 Å². The van der Waals surface area contributed by atoms with Gasteiger partial charge in [0, 0.05) is 41.6 Å². The number of rotatable bonds is 8. The molecule has 1 heterocycles. The van der Waals surface area contributed by atoms with E-state index in [1.54, 1.807) is 6.07 Å². The normalized spacial score (nSPS) is 14.8. The highest BCUT2D eigenvalue weighted by Gasteiger charge is 2.22. The second-order valence-corrected chi connectivity index (χ2v) is 8.81. The molecular formula is C27H30ClN3O. The van der Waals surface area contributed by atoms with Crippen molar-refractivity contribution in [3.05, 3.63) is 90.0 Å². The maximum atomic E-state index is 12.4. The number of benzene rings is 3. The molecule has 0 saturated carbocycles. The minimum Gasteiger partial charge on any atom is -0.340 e. The Bertz CT molecular complexity index is 949. The van der Waals surface area contributed by atoms with Gasteiger partial charge in [0.25, 0.3) is 0 Å². The summed E-state index contributed by atoms with van der Waals surface area (Å²) < 4.78 is 0. The predicted octanol–water partition coefficient (Wildman–Crippen LogP) is 6.22. The van der Waals surface area contributed by atoms with Gasteiger partial charge in [-0.1, -0.05) is 54.1 Å². The van der Waals surface area contributed by atoms with Crippen molar-refractivity contribution in [1.82, 2.24) is 4.90 Å². The number of nitrogens with zero attached hydrogens (tertiary/aromatic N) is 2. The molecule has 4 nitrogen and oxygen atoms in total. The summed E-state index contributed by atoms with van der Waals surface area (Å²) in [6.07, 6.45) is 2.68. The van der Waals surface area contributed by atoms with Crippen molar-refractivity contribution in [1.29, 1.82) is 0 Å². The summed E-state index contributed by atoms with van der Waals surface area (Å²) >= 11 is 6.01. The van der Waals surface area contributed by atoms with Crippen LogP contribution in [-0.4, -0.2) is 37.0 Å². The van der Waals surface area contributed by atoms with Gasteiger partial charge in [0.15, 0.2) is 0 Å². The summed E-state index contributed by atoms with van der Waals surface area (Å²) in [5.41, 5.74) is 3.19. The Labute approximate surface area is 195 Å². The van der Waals surface area contributed by atoms with Crippen molar-refractivity contribution in [3.63, 3.8) is 0 Å². The monoisotopic (exact) mass is 447 g/mol. The Morgan fingerprint density at radius 3 is 2.12 bits per heavy atom. The third-order valence-electron chi connectivity index (χ3n) is 6.07. The van der Waals surface area contributed by atoms with Crippen molar-refractivity contribution in [2.45, 2.75) is 19.3 Å². The lowest BCUT2D eigenvalue weighted by Crippen LogP contribution is -2.39. The highest BCUT2D eigenvalue weighted by Crippen LogP contribution is 2.26. The summed E-state index contributed by atoms with van der Waals surface area (Å²) in [6, 6.07) is 28.4. The fourth-order valence-electron chi connectivity index (χ4n) is 4.32. The Morgan fingerprint density at radius 1 is 0.906 bits per heavy atom. The molecule has 1 amide bonds. The molecule has 0 aliphatic carbocycles. The number of piperidine rings is 1. The Balaban J connectivity index is 1.26. The molecule has 4 rings (SSSR count). The lowest BCUT2D eigenvalue weighted by Gasteiger charge is -2.34. The lowest BCUT2D eigenvalue weighted by atomic mass is 9.93. The van der Waals surface area contributed by atoms with Crippen LogP contribution >= 0.6 is 11.6 Å². The van der Waals surface area contributed by atoms with Gasteiger partial charge in [-0.3, -0.25) is 4.79 Å². The number of carbonyl (C=O) groups is 1. The zero-order valence-electron chi connectivity index (χ0n) is 18.3. The van der Waals surface area contributed by atoms with Gasteiger partial charge in [-0.05, 0) is 74.3 Å². The third-order valence-corrected chi connectivity index (χ3v) is 6.30. The number of para-hydroxylation sites is 2. The topological polar surface area (TPSA) is 35.6 Å². The highest BCUT2D eigenvalue weighted by atomic mass is 35.5. The molecule has 0 atom stereocenters. The standard InChI is InChI=1S/C27H30ClN3O/c28-23-8-7-9-24(21-23)29-27(32)20-22-14-16-30(17-15-22)18-19-31(25-10-3-1-4-11-25)26-12-5-2-6-13-26/h1-13,21-22H,14-20H2,(H,29,32). The first-order valence-corrected chi connectivity index (χ1v) is 11.7. The van der Waals surface area contributed by atoms with Crippen LogP contribution in [0.3, 0.4) is 0 Å². The SMILES string of the molecule is O=C(CC1CCN(CCN(c2ccccc2)c2ccccc2)CC1)Nc1cccc(Cl)c1. The molecule has 1 N–H and O–H groups in total. The quantitative estimate of drug-likeness (QED) is 0.445. The molecule has 1 saturated heterocycles. The van der Waals surface area contributed by atoms with Crippen LogP contribution < -0.4 is 10.2 Å². The van der Waals surface area contributed by atoms with Gasteiger partial charge >= 0.3 is 0 Å². The van der Waals surface area contributed by atoms with E-state index in [0.29, 0.717) is 17.4 Å². The number of likely N-dealkylation sites (tertiary alicyclic amines) is 1. The molecule has 3 aromatic carbocycles. The van der Waals surface area contributed by atoms with Gasteiger partial charge in [0.1, 0.15) is 0 Å². The van der Waals surface area contributed by atoms with Crippen molar-refractivity contribution in [2.24, 2.45) is 5.92 Å². The molecule has 5 heteroatoms. The number of nitrogens with one attached hydrogen (secondary N) is 1. The largest absolute Gasteiger partial charge is 0.340 e. The Kier molecular flexibility index (Phi) is 7.81. The number of amides is 1. The highest BCUT2D eigenvalue weighted by molar-refractivity contribution is 6.30. The minimum atomic E-state index is 0.0741. The van der Waals surface area contributed by atoms with Crippen molar-refractivity contribution < 1.29 is 4.79 Å². The second-order valence-electron chi connectivity index (χ2n) is 8.37. The molecule has 3 aromatic rings. The van der Waals surface area contributed by atoms with E-state index in [0.717, 1.165) is 44.7 Å². The Morgan fingerprint density at radius 2 is 1.53 bits per heavy atom. The third kappa shape index (κ3) is 6.35. The van der Waals surface area contributed by atoms with Gasteiger partial charge in [-0.15, -0.1) is 0 Å². The number of anilines is 3. The Hall–Kier alpha value is -2.82. The average Bonchev–Trinajstić information content (AvgIpc) is 2.82. The van der Waals surface area contributed by atoms with E-state index in [9.17, 15) is 4.79 Å². The molecule has 32 heavy (non-hydrogen) atoms. The van der Waals surface area contributed by atoms with E-state index in [4.69, 9.17) is 11.6 Å². The summed E-state index contributed by atoms with van der Waals surface area (Å²) in [5.74, 6) is 0.509. The molecule has 1 fully saturated rings. The van der Waals surface area contributed by atoms with E-state index in [-0.39, 0.29) is 5.91 Å². The summed E-state index contributed by atoms with van der Waals surface area (Å²) in [5, 5.41) is 3.61. The minimum absolute atomic E-state index is 0.0741. The van der Waals surface area contributed by atoms with E-state index in [1.165, 1.54) is 11.4 Å². The lowest BCUT2D eigenvalue weighted by molar-refractivity contribution is -0.117. The van der Waals surface area contributed by atoms with Crippen molar-refractivity contribution in [2.75, 3.05) is 36.4 Å². The first-order chi connectivity index (χ1) is 15.7. The first-order valence-electron chi connectivity index (χ1n) is 11.3. The van der Waals surface area contributed by atoms with Crippen molar-refractivity contribution >= 4 is 34.6 Å². The van der Waals surface area contributed by atoms with Crippen LogP contribution in [0, 0.1) is 5.92 Å². The van der Waals surface area contributed by atoms with Crippen LogP contribution in [0.25, 0.3) is 0 Å². The molecular weight excluding hydrogens is 418 g/mol. The van der Waals surface area contributed by atoms with Gasteiger partial charge in [0.2, 0.25) is 5.91 Å². The molecule has 0 unspecified atom stereocenters. The summed E-state index contributed by atoms with van der Waals surface area (Å²) in [6.45, 7) is 4.01. The molecule has 0 radical (unpaired) electrons. The van der Waals surface area contributed by atoms with Crippen LogP contribution in [0.5, 0.6) is 0 Å². The molecule has 0 aromatic heterocycles. The fourth-order valence-corrected chi connectivity index (χ4v) is 4.51. The zero-order valence-corrected chi connectivity index (χ0v) is 19.0. The number of halogens is 1. The zero-order chi connectivity index (χ0) is 22.2. The van der Waals surface area contributed by atoms with E-state index in [1.807, 2.05) is 18.2 Å². The van der Waals surface area contributed by atoms with Crippen LogP contribution in [0.4, 0.5) is 17.1 Å². The molecule has 0 spiro atoms. The van der Waals surface area contributed by atoms with Gasteiger partial charge < -0.3 is 15.1 Å². The maximum absolute atomic E-state index is 12.4. The molecule has 166 valence electrons. The van der Waals surface area contributed by atoms with Gasteiger partial charge in [-0.25, -0.2) is 0 Å². The number of carbonyl (C=O) groups excluding carboxylic acids is 1. The molecule has 0 bridgehead atoms. The van der Waals surface area contributed by atoms with E-state index < -0.39 is 0 Å². The van der Waals surface area contributed by atoms with E-state index >= 15 is 0 Å². The van der Waals surface area contributed by atoms with Crippen LogP contribution in [-0.2, 0) is 4.79 Å².